The van der Waals surface area contributed by atoms with E-state index in [9.17, 15) is 0 Å². The van der Waals surface area contributed by atoms with Gasteiger partial charge in [0.1, 0.15) is 5.75 Å². The summed E-state index contributed by atoms with van der Waals surface area (Å²) in [5.74, 6) is 1.48. The first-order valence-electron chi connectivity index (χ1n) is 5.18. The highest BCUT2D eigenvalue weighted by Gasteiger charge is 2.26. The molecule has 0 aliphatic carbocycles. The molecule has 2 rings (SSSR count). The fraction of sp³-hybridized carbons (Fsp3) is 0.500. The zero-order valence-corrected chi connectivity index (χ0v) is 9.13. The van der Waals surface area contributed by atoms with Crippen LogP contribution < -0.4 is 4.74 Å². The molecule has 1 aliphatic heterocycles. The molecule has 0 radical (unpaired) electrons. The molecule has 1 aliphatic rings. The van der Waals surface area contributed by atoms with Crippen LogP contribution in [-0.2, 0) is 0 Å². The Morgan fingerprint density at radius 3 is 3.07 bits per heavy atom. The van der Waals surface area contributed by atoms with Gasteiger partial charge >= 0.3 is 0 Å². The first-order chi connectivity index (χ1) is 6.83. The van der Waals surface area contributed by atoms with E-state index in [4.69, 9.17) is 16.3 Å². The maximum Gasteiger partial charge on any atom is 0.122 e. The first kappa shape index (κ1) is 9.85. The molecule has 2 atom stereocenters. The van der Waals surface area contributed by atoms with Crippen molar-refractivity contribution in [3.8, 4) is 5.75 Å². The lowest BCUT2D eigenvalue weighted by molar-refractivity contribution is 0.264. The maximum atomic E-state index is 6.32. The van der Waals surface area contributed by atoms with Gasteiger partial charge in [-0.1, -0.05) is 25.1 Å². The van der Waals surface area contributed by atoms with Gasteiger partial charge in [0.15, 0.2) is 0 Å². The number of halogens is 1. The smallest absolute Gasteiger partial charge is 0.122 e. The maximum absolute atomic E-state index is 6.32. The second kappa shape index (κ2) is 4.22. The molecule has 1 aromatic rings. The van der Waals surface area contributed by atoms with Crippen molar-refractivity contribution in [2.24, 2.45) is 0 Å². The summed E-state index contributed by atoms with van der Waals surface area (Å²) in [6.07, 6.45) is 2.06. The molecule has 76 valence electrons. The van der Waals surface area contributed by atoms with Gasteiger partial charge in [-0.25, -0.2) is 0 Å². The second-order valence-electron chi connectivity index (χ2n) is 3.71. The monoisotopic (exact) mass is 210 g/mol. The topological polar surface area (TPSA) is 9.23 Å². The van der Waals surface area contributed by atoms with Crippen molar-refractivity contribution in [1.29, 1.82) is 0 Å². The van der Waals surface area contributed by atoms with Crippen molar-refractivity contribution in [2.75, 3.05) is 6.61 Å². The van der Waals surface area contributed by atoms with Crippen molar-refractivity contribution >= 4 is 11.6 Å². The third-order valence-electron chi connectivity index (χ3n) is 2.83. The minimum Gasteiger partial charge on any atom is -0.493 e. The van der Waals surface area contributed by atoms with Crippen molar-refractivity contribution in [3.05, 3.63) is 29.8 Å². The molecule has 2 heteroatoms. The minimum atomic E-state index is 0.236. The van der Waals surface area contributed by atoms with Crippen LogP contribution >= 0.6 is 11.6 Å². The quantitative estimate of drug-likeness (QED) is 0.679. The van der Waals surface area contributed by atoms with E-state index in [0.29, 0.717) is 5.92 Å². The highest BCUT2D eigenvalue weighted by atomic mass is 35.5. The third-order valence-corrected chi connectivity index (χ3v) is 3.44. The fourth-order valence-electron chi connectivity index (χ4n) is 2.03. The summed E-state index contributed by atoms with van der Waals surface area (Å²) in [5.41, 5.74) is 1.28. The summed E-state index contributed by atoms with van der Waals surface area (Å²) in [4.78, 5) is 0. The van der Waals surface area contributed by atoms with Gasteiger partial charge in [-0.05, 0) is 24.5 Å². The summed E-state index contributed by atoms with van der Waals surface area (Å²) in [5, 5.41) is 0.236. The van der Waals surface area contributed by atoms with E-state index in [1.54, 1.807) is 0 Å². The van der Waals surface area contributed by atoms with E-state index in [1.807, 2.05) is 12.1 Å². The predicted octanol–water partition coefficient (Wildman–Crippen LogP) is 3.57. The number of hydrogen-bond acceptors (Lipinski definition) is 1. The fourth-order valence-corrected chi connectivity index (χ4v) is 2.29. The van der Waals surface area contributed by atoms with E-state index in [0.717, 1.165) is 25.2 Å². The molecule has 2 unspecified atom stereocenters. The van der Waals surface area contributed by atoms with Crippen LogP contribution in [0.1, 0.15) is 31.2 Å². The molecule has 1 heterocycles. The van der Waals surface area contributed by atoms with Crippen LogP contribution in [0.2, 0.25) is 0 Å². The first-order valence-corrected chi connectivity index (χ1v) is 5.62. The molecule has 0 spiro atoms. The zero-order chi connectivity index (χ0) is 9.97. The normalized spacial score (nSPS) is 22.3. The van der Waals surface area contributed by atoms with Gasteiger partial charge in [0.2, 0.25) is 0 Å². The number of rotatable bonds is 2. The van der Waals surface area contributed by atoms with Crippen LogP contribution in [0.3, 0.4) is 0 Å². The van der Waals surface area contributed by atoms with Gasteiger partial charge in [0.25, 0.3) is 0 Å². The highest BCUT2D eigenvalue weighted by Crippen LogP contribution is 2.38. The summed E-state index contributed by atoms with van der Waals surface area (Å²) in [6.45, 7) is 2.93. The van der Waals surface area contributed by atoms with Crippen molar-refractivity contribution < 1.29 is 4.74 Å². The van der Waals surface area contributed by atoms with Crippen molar-refractivity contribution in [3.63, 3.8) is 0 Å². The molecule has 1 nitrogen and oxygen atoms in total. The van der Waals surface area contributed by atoms with Crippen LogP contribution in [0, 0.1) is 0 Å². The van der Waals surface area contributed by atoms with Crippen molar-refractivity contribution in [2.45, 2.75) is 31.1 Å². The Morgan fingerprint density at radius 2 is 2.29 bits per heavy atom. The van der Waals surface area contributed by atoms with Gasteiger partial charge in [-0.15, -0.1) is 11.6 Å². The molecule has 0 fully saturated rings. The molecule has 14 heavy (non-hydrogen) atoms. The van der Waals surface area contributed by atoms with E-state index >= 15 is 0 Å². The Hall–Kier alpha value is -0.690. The predicted molar refractivity (Wildman–Crippen MR) is 59.2 cm³/mol. The van der Waals surface area contributed by atoms with Gasteiger partial charge in [-0.3, -0.25) is 0 Å². The Morgan fingerprint density at radius 1 is 1.50 bits per heavy atom. The van der Waals surface area contributed by atoms with E-state index in [2.05, 4.69) is 19.1 Å². The van der Waals surface area contributed by atoms with Gasteiger partial charge in [0.05, 0.1) is 6.61 Å². The average Bonchev–Trinajstić information content (AvgIpc) is 2.27. The van der Waals surface area contributed by atoms with Gasteiger partial charge < -0.3 is 4.74 Å². The Bertz CT molecular complexity index is 311. The molecule has 0 aromatic heterocycles. The number of fused-ring (bicyclic) bond motifs is 1. The molecule has 1 aromatic carbocycles. The standard InChI is InChI=1S/C12H15ClO/c1-2-11(13)9-7-8-14-12-6-4-3-5-10(9)12/h3-6,9,11H,2,7-8H2,1H3. The van der Waals surface area contributed by atoms with Crippen molar-refractivity contribution in [1.82, 2.24) is 0 Å². The lowest BCUT2D eigenvalue weighted by atomic mass is 9.89. The van der Waals surface area contributed by atoms with Crippen LogP contribution in [0.25, 0.3) is 0 Å². The van der Waals surface area contributed by atoms with Gasteiger partial charge in [0, 0.05) is 11.3 Å². The molecule has 0 bridgehead atoms. The summed E-state index contributed by atoms with van der Waals surface area (Å²) >= 11 is 6.32. The van der Waals surface area contributed by atoms with Crippen LogP contribution in [0.5, 0.6) is 5.75 Å². The van der Waals surface area contributed by atoms with Gasteiger partial charge in [-0.2, -0.15) is 0 Å². The molecular weight excluding hydrogens is 196 g/mol. The summed E-state index contributed by atoms with van der Waals surface area (Å²) < 4.78 is 5.59. The second-order valence-corrected chi connectivity index (χ2v) is 4.27. The summed E-state index contributed by atoms with van der Waals surface area (Å²) in [6, 6.07) is 8.22. The lowest BCUT2D eigenvalue weighted by Crippen LogP contribution is -2.21. The Balaban J connectivity index is 2.30. The SMILES string of the molecule is CCC(Cl)C1CCOc2ccccc21. The summed E-state index contributed by atoms with van der Waals surface area (Å²) in [7, 11) is 0. The molecule has 0 saturated heterocycles. The lowest BCUT2D eigenvalue weighted by Gasteiger charge is -2.28. The largest absolute Gasteiger partial charge is 0.493 e. The number of para-hydroxylation sites is 1. The van der Waals surface area contributed by atoms with Crippen LogP contribution in [0.15, 0.2) is 24.3 Å². The number of alkyl halides is 1. The average molecular weight is 211 g/mol. The number of ether oxygens (including phenoxy) is 1. The Kier molecular flexibility index (Phi) is 2.97. The number of benzene rings is 1. The molecular formula is C12H15ClO. The van der Waals surface area contributed by atoms with E-state index < -0.39 is 0 Å². The van der Waals surface area contributed by atoms with E-state index in [-0.39, 0.29) is 5.38 Å². The molecule has 0 N–H and O–H groups in total. The molecule has 0 saturated carbocycles. The molecule has 0 amide bonds. The van der Waals surface area contributed by atoms with Crippen LogP contribution in [-0.4, -0.2) is 12.0 Å². The van der Waals surface area contributed by atoms with Crippen LogP contribution in [0.4, 0.5) is 0 Å². The Labute approximate surface area is 90.0 Å². The number of hydrogen-bond donors (Lipinski definition) is 0. The highest BCUT2D eigenvalue weighted by molar-refractivity contribution is 6.21. The zero-order valence-electron chi connectivity index (χ0n) is 8.37. The van der Waals surface area contributed by atoms with E-state index in [1.165, 1.54) is 5.56 Å². The minimum absolute atomic E-state index is 0.236. The third kappa shape index (κ3) is 1.74.